The minimum absolute atomic E-state index is 0.286. The van der Waals surface area contributed by atoms with E-state index in [1.54, 1.807) is 6.20 Å². The predicted octanol–water partition coefficient (Wildman–Crippen LogP) is 1.57. The fourth-order valence-corrected chi connectivity index (χ4v) is 2.21. The second-order valence-electron chi connectivity index (χ2n) is 2.51. The summed E-state index contributed by atoms with van der Waals surface area (Å²) in [6.45, 7) is 0. The molecule has 0 aliphatic heterocycles. The van der Waals surface area contributed by atoms with Gasteiger partial charge >= 0.3 is 0 Å². The van der Waals surface area contributed by atoms with Crippen LogP contribution in [0.2, 0.25) is 5.02 Å². The predicted molar refractivity (Wildman–Crippen MR) is 51.7 cm³/mol. The van der Waals surface area contributed by atoms with Crippen molar-refractivity contribution in [2.24, 2.45) is 5.73 Å². The minimum atomic E-state index is -0.286. The van der Waals surface area contributed by atoms with Crippen LogP contribution in [0.3, 0.4) is 0 Å². The number of nitrogens with two attached hydrogens (primary N) is 1. The number of hydrogen-bond donors (Lipinski definition) is 2. The van der Waals surface area contributed by atoms with Crippen molar-refractivity contribution in [3.8, 4) is 0 Å². The van der Waals surface area contributed by atoms with Crippen molar-refractivity contribution in [2.75, 3.05) is 0 Å². The van der Waals surface area contributed by atoms with Gasteiger partial charge < -0.3 is 5.73 Å². The number of rotatable bonds is 2. The quantitative estimate of drug-likeness (QED) is 0.798. The maximum atomic E-state index is 5.92. The van der Waals surface area contributed by atoms with Crippen molar-refractivity contribution in [3.63, 3.8) is 0 Å². The Balaban J connectivity index is 2.33. The molecule has 2 aromatic heterocycles. The van der Waals surface area contributed by atoms with E-state index in [-0.39, 0.29) is 6.04 Å². The lowest BCUT2D eigenvalue weighted by Crippen LogP contribution is -2.11. The van der Waals surface area contributed by atoms with E-state index in [1.807, 2.05) is 11.4 Å². The summed E-state index contributed by atoms with van der Waals surface area (Å²) in [4.78, 5) is 0.913. The van der Waals surface area contributed by atoms with Crippen molar-refractivity contribution in [1.29, 1.82) is 0 Å². The fourth-order valence-electron chi connectivity index (χ4n) is 1.02. The monoisotopic (exact) mass is 214 g/mol. The molecule has 13 heavy (non-hydrogen) atoms. The first-order valence-electron chi connectivity index (χ1n) is 3.63. The van der Waals surface area contributed by atoms with Gasteiger partial charge in [0.05, 0.1) is 17.3 Å². The van der Waals surface area contributed by atoms with Gasteiger partial charge in [0.1, 0.15) is 5.69 Å². The second kappa shape index (κ2) is 3.45. The van der Waals surface area contributed by atoms with E-state index in [2.05, 4.69) is 15.4 Å². The van der Waals surface area contributed by atoms with Crippen molar-refractivity contribution in [3.05, 3.63) is 33.2 Å². The van der Waals surface area contributed by atoms with E-state index in [9.17, 15) is 0 Å². The number of nitrogens with one attached hydrogen (secondary N) is 1. The summed E-state index contributed by atoms with van der Waals surface area (Å²) < 4.78 is 0. The molecule has 68 valence electrons. The van der Waals surface area contributed by atoms with Crippen molar-refractivity contribution < 1.29 is 0 Å². The summed E-state index contributed by atoms with van der Waals surface area (Å²) in [5, 5.41) is 12.7. The van der Waals surface area contributed by atoms with Crippen LogP contribution in [-0.2, 0) is 0 Å². The molecule has 0 spiro atoms. The van der Waals surface area contributed by atoms with Crippen molar-refractivity contribution >= 4 is 22.9 Å². The molecule has 3 N–H and O–H groups in total. The molecular formula is C7H7ClN4S. The molecule has 0 aliphatic rings. The van der Waals surface area contributed by atoms with Gasteiger partial charge in [0.25, 0.3) is 0 Å². The number of aromatic nitrogens is 3. The first kappa shape index (κ1) is 8.68. The third-order valence-electron chi connectivity index (χ3n) is 1.68. The summed E-state index contributed by atoms with van der Waals surface area (Å²) in [5.74, 6) is 0. The third kappa shape index (κ3) is 1.58. The minimum Gasteiger partial charge on any atom is -0.318 e. The van der Waals surface area contributed by atoms with Crippen LogP contribution in [0, 0.1) is 0 Å². The molecule has 2 aromatic rings. The molecule has 4 nitrogen and oxygen atoms in total. The van der Waals surface area contributed by atoms with E-state index < -0.39 is 0 Å². The normalized spacial score (nSPS) is 13.1. The van der Waals surface area contributed by atoms with E-state index in [0.717, 1.165) is 4.88 Å². The Morgan fingerprint density at radius 3 is 3.00 bits per heavy atom. The molecular weight excluding hydrogens is 208 g/mol. The van der Waals surface area contributed by atoms with Crippen LogP contribution in [-0.4, -0.2) is 15.4 Å². The number of aromatic amines is 1. The van der Waals surface area contributed by atoms with Crippen LogP contribution in [0.25, 0.3) is 0 Å². The largest absolute Gasteiger partial charge is 0.318 e. The van der Waals surface area contributed by atoms with Gasteiger partial charge in [0, 0.05) is 4.88 Å². The highest BCUT2D eigenvalue weighted by Gasteiger charge is 2.15. The van der Waals surface area contributed by atoms with Crippen LogP contribution in [0.4, 0.5) is 0 Å². The lowest BCUT2D eigenvalue weighted by Gasteiger charge is -2.05. The van der Waals surface area contributed by atoms with Gasteiger partial charge in [-0.3, -0.25) is 0 Å². The lowest BCUT2D eigenvalue weighted by atomic mass is 10.2. The average Bonchev–Trinajstić information content (AvgIpc) is 2.72. The zero-order valence-electron chi connectivity index (χ0n) is 6.57. The Hall–Kier alpha value is -0.910. The average molecular weight is 215 g/mol. The van der Waals surface area contributed by atoms with Crippen LogP contribution >= 0.6 is 22.9 Å². The van der Waals surface area contributed by atoms with Gasteiger partial charge in [-0.15, -0.1) is 11.3 Å². The van der Waals surface area contributed by atoms with Gasteiger partial charge in [0.15, 0.2) is 0 Å². The van der Waals surface area contributed by atoms with Crippen LogP contribution in [0.1, 0.15) is 16.6 Å². The smallest absolute Gasteiger partial charge is 0.105 e. The summed E-state index contributed by atoms with van der Waals surface area (Å²) in [5.41, 5.74) is 6.61. The summed E-state index contributed by atoms with van der Waals surface area (Å²) >= 11 is 7.44. The Kier molecular flexibility index (Phi) is 2.30. The number of thiophene rings is 1. The molecule has 0 bridgehead atoms. The van der Waals surface area contributed by atoms with Gasteiger partial charge in [0.2, 0.25) is 0 Å². The highest BCUT2D eigenvalue weighted by molar-refractivity contribution is 7.10. The molecule has 0 fully saturated rings. The molecule has 1 unspecified atom stereocenters. The molecule has 0 saturated carbocycles. The molecule has 0 radical (unpaired) electrons. The standard InChI is InChI=1S/C7H7ClN4S/c8-4-1-2-13-7(4)6(9)5-3-10-12-11-5/h1-3,6H,9H2,(H,10,11,12). The zero-order valence-corrected chi connectivity index (χ0v) is 8.14. The number of nitrogens with zero attached hydrogens (tertiary/aromatic N) is 2. The topological polar surface area (TPSA) is 67.6 Å². The fraction of sp³-hybridized carbons (Fsp3) is 0.143. The first-order valence-corrected chi connectivity index (χ1v) is 4.89. The maximum Gasteiger partial charge on any atom is 0.105 e. The van der Waals surface area contributed by atoms with Gasteiger partial charge in [-0.1, -0.05) is 11.6 Å². The Morgan fingerprint density at radius 2 is 2.46 bits per heavy atom. The number of hydrogen-bond acceptors (Lipinski definition) is 4. The SMILES string of the molecule is NC(c1cn[nH]n1)c1sccc1Cl. The Labute approximate surface area is 83.7 Å². The van der Waals surface area contributed by atoms with Crippen molar-refractivity contribution in [1.82, 2.24) is 15.4 Å². The molecule has 2 heterocycles. The van der Waals surface area contributed by atoms with E-state index in [0.29, 0.717) is 10.7 Å². The molecule has 1 atom stereocenters. The van der Waals surface area contributed by atoms with E-state index in [4.69, 9.17) is 17.3 Å². The third-order valence-corrected chi connectivity index (χ3v) is 3.12. The van der Waals surface area contributed by atoms with Crippen LogP contribution in [0.5, 0.6) is 0 Å². The number of halogens is 1. The Bertz CT molecular complexity index is 383. The van der Waals surface area contributed by atoms with Crippen molar-refractivity contribution in [2.45, 2.75) is 6.04 Å². The Morgan fingerprint density at radius 1 is 1.62 bits per heavy atom. The molecule has 0 aliphatic carbocycles. The summed E-state index contributed by atoms with van der Waals surface area (Å²) in [6, 6.07) is 1.54. The zero-order chi connectivity index (χ0) is 9.26. The van der Waals surface area contributed by atoms with Gasteiger partial charge in [-0.05, 0) is 11.4 Å². The summed E-state index contributed by atoms with van der Waals surface area (Å²) in [7, 11) is 0. The van der Waals surface area contributed by atoms with Gasteiger partial charge in [-0.2, -0.15) is 15.4 Å². The number of H-pyrrole nitrogens is 1. The molecule has 6 heteroatoms. The lowest BCUT2D eigenvalue weighted by molar-refractivity contribution is 0.823. The van der Waals surface area contributed by atoms with E-state index >= 15 is 0 Å². The maximum absolute atomic E-state index is 5.92. The molecule has 0 amide bonds. The summed E-state index contributed by atoms with van der Waals surface area (Å²) in [6.07, 6.45) is 1.60. The first-order chi connectivity index (χ1) is 6.29. The molecule has 0 aromatic carbocycles. The van der Waals surface area contributed by atoms with Crippen LogP contribution in [0.15, 0.2) is 17.6 Å². The highest BCUT2D eigenvalue weighted by Crippen LogP contribution is 2.29. The van der Waals surface area contributed by atoms with E-state index in [1.165, 1.54) is 11.3 Å². The highest BCUT2D eigenvalue weighted by atomic mass is 35.5. The molecule has 0 saturated heterocycles. The second-order valence-corrected chi connectivity index (χ2v) is 3.86. The van der Waals surface area contributed by atoms with Gasteiger partial charge in [-0.25, -0.2) is 0 Å². The molecule has 2 rings (SSSR count). The van der Waals surface area contributed by atoms with Crippen LogP contribution < -0.4 is 5.73 Å².